The molecule has 0 saturated carbocycles. The zero-order chi connectivity index (χ0) is 8.65. The lowest BCUT2D eigenvalue weighted by atomic mass is 10.1. The minimum atomic E-state index is 1.06. The molecule has 0 atom stereocenters. The van der Waals surface area contributed by atoms with Gasteiger partial charge in [-0.3, -0.25) is 0 Å². The fourth-order valence-corrected chi connectivity index (χ4v) is 1.55. The largest absolute Gasteiger partial charge is 0.378 e. The van der Waals surface area contributed by atoms with Crippen LogP contribution in [-0.4, -0.2) is 18.0 Å². The van der Waals surface area contributed by atoms with Crippen LogP contribution in [0.2, 0.25) is 0 Å². The molecule has 1 saturated heterocycles. The predicted molar refractivity (Wildman–Crippen MR) is 53.8 cm³/mol. The SMILES string of the molecule is [CH2]CCC/C=C/N1CCCCC1. The molecule has 1 rings (SSSR count). The summed E-state index contributed by atoms with van der Waals surface area (Å²) in [5.74, 6) is 0. The van der Waals surface area contributed by atoms with Crippen molar-refractivity contribution in [1.82, 2.24) is 4.90 Å². The summed E-state index contributed by atoms with van der Waals surface area (Å²) in [5.41, 5.74) is 0. The molecule has 1 heterocycles. The summed E-state index contributed by atoms with van der Waals surface area (Å²) >= 11 is 0. The van der Waals surface area contributed by atoms with Gasteiger partial charge in [0.25, 0.3) is 0 Å². The lowest BCUT2D eigenvalue weighted by Gasteiger charge is -2.24. The van der Waals surface area contributed by atoms with Crippen molar-refractivity contribution < 1.29 is 0 Å². The van der Waals surface area contributed by atoms with E-state index in [0.717, 1.165) is 6.42 Å². The molecule has 0 aromatic carbocycles. The van der Waals surface area contributed by atoms with Crippen molar-refractivity contribution in [1.29, 1.82) is 0 Å². The molecule has 0 amide bonds. The lowest BCUT2D eigenvalue weighted by Crippen LogP contribution is -2.23. The van der Waals surface area contributed by atoms with E-state index in [0.29, 0.717) is 0 Å². The first-order chi connectivity index (χ1) is 5.93. The van der Waals surface area contributed by atoms with Gasteiger partial charge in [0.05, 0.1) is 0 Å². The van der Waals surface area contributed by atoms with Crippen LogP contribution >= 0.6 is 0 Å². The van der Waals surface area contributed by atoms with Crippen molar-refractivity contribution in [2.45, 2.75) is 38.5 Å². The predicted octanol–water partition coefficient (Wildman–Crippen LogP) is 2.99. The molecule has 1 heteroatoms. The molecular formula is C11H20N. The first-order valence-electron chi connectivity index (χ1n) is 5.13. The Bertz CT molecular complexity index is 123. The van der Waals surface area contributed by atoms with E-state index in [1.54, 1.807) is 0 Å². The van der Waals surface area contributed by atoms with Gasteiger partial charge in [-0.05, 0) is 38.3 Å². The summed E-state index contributed by atoms with van der Waals surface area (Å²) in [6.07, 6.45) is 12.2. The van der Waals surface area contributed by atoms with Gasteiger partial charge in [-0.1, -0.05) is 19.4 Å². The number of nitrogens with zero attached hydrogens (tertiary/aromatic N) is 1. The maximum absolute atomic E-state index is 3.82. The van der Waals surface area contributed by atoms with Gasteiger partial charge in [-0.25, -0.2) is 0 Å². The molecule has 1 nitrogen and oxygen atoms in total. The van der Waals surface area contributed by atoms with Crippen LogP contribution in [-0.2, 0) is 0 Å². The third-order valence-electron chi connectivity index (χ3n) is 2.33. The minimum Gasteiger partial charge on any atom is -0.378 e. The van der Waals surface area contributed by atoms with Gasteiger partial charge in [0.15, 0.2) is 0 Å². The average Bonchev–Trinajstić information content (AvgIpc) is 2.14. The van der Waals surface area contributed by atoms with Crippen LogP contribution in [0.15, 0.2) is 12.3 Å². The zero-order valence-electron chi connectivity index (χ0n) is 7.97. The molecule has 0 aromatic rings. The maximum Gasteiger partial charge on any atom is 0.0172 e. The van der Waals surface area contributed by atoms with Crippen LogP contribution < -0.4 is 0 Å². The van der Waals surface area contributed by atoms with Gasteiger partial charge in [-0.2, -0.15) is 0 Å². The maximum atomic E-state index is 3.82. The monoisotopic (exact) mass is 166 g/mol. The topological polar surface area (TPSA) is 3.24 Å². The Morgan fingerprint density at radius 3 is 2.58 bits per heavy atom. The smallest absolute Gasteiger partial charge is 0.0172 e. The fourth-order valence-electron chi connectivity index (χ4n) is 1.55. The molecule has 1 radical (unpaired) electrons. The van der Waals surface area contributed by atoms with Gasteiger partial charge in [-0.15, -0.1) is 0 Å². The van der Waals surface area contributed by atoms with Gasteiger partial charge in [0.1, 0.15) is 0 Å². The number of unbranched alkanes of at least 4 members (excludes halogenated alkanes) is 2. The summed E-state index contributed by atoms with van der Waals surface area (Å²) in [7, 11) is 0. The van der Waals surface area contributed by atoms with E-state index in [4.69, 9.17) is 0 Å². The average molecular weight is 166 g/mol. The van der Waals surface area contributed by atoms with Crippen molar-refractivity contribution >= 4 is 0 Å². The highest BCUT2D eigenvalue weighted by Crippen LogP contribution is 2.09. The summed E-state index contributed by atoms with van der Waals surface area (Å²) in [4.78, 5) is 2.44. The van der Waals surface area contributed by atoms with Crippen LogP contribution in [0, 0.1) is 6.92 Å². The summed E-state index contributed by atoms with van der Waals surface area (Å²) in [6.45, 7) is 6.35. The van der Waals surface area contributed by atoms with E-state index in [9.17, 15) is 0 Å². The van der Waals surface area contributed by atoms with Gasteiger partial charge in [0, 0.05) is 13.1 Å². The van der Waals surface area contributed by atoms with Crippen LogP contribution in [0.1, 0.15) is 38.5 Å². The standard InChI is InChI=1S/C11H20N/c1-2-3-4-6-9-12-10-7-5-8-11-12/h6,9H,1-5,7-8,10-11H2/b9-6+. The van der Waals surface area contributed by atoms with Crippen LogP contribution in [0.25, 0.3) is 0 Å². The number of rotatable bonds is 4. The van der Waals surface area contributed by atoms with Crippen molar-refractivity contribution in [3.63, 3.8) is 0 Å². The third kappa shape index (κ3) is 3.80. The van der Waals surface area contributed by atoms with Gasteiger partial charge in [0.2, 0.25) is 0 Å². The summed E-state index contributed by atoms with van der Waals surface area (Å²) in [6, 6.07) is 0. The molecule has 1 fully saturated rings. The third-order valence-corrected chi connectivity index (χ3v) is 2.33. The molecule has 0 aliphatic carbocycles. The van der Waals surface area contributed by atoms with Crippen LogP contribution in [0.4, 0.5) is 0 Å². The second-order valence-corrected chi connectivity index (χ2v) is 3.48. The van der Waals surface area contributed by atoms with Crippen LogP contribution in [0.3, 0.4) is 0 Å². The molecule has 0 aromatic heterocycles. The Labute approximate surface area is 76.5 Å². The molecular weight excluding hydrogens is 146 g/mol. The fraction of sp³-hybridized carbons (Fsp3) is 0.727. The molecule has 0 N–H and O–H groups in total. The zero-order valence-corrected chi connectivity index (χ0v) is 7.97. The molecule has 0 unspecified atom stereocenters. The van der Waals surface area contributed by atoms with Crippen molar-refractivity contribution in [2.75, 3.05) is 13.1 Å². The molecule has 12 heavy (non-hydrogen) atoms. The number of hydrogen-bond donors (Lipinski definition) is 0. The Kier molecular flexibility index (Phi) is 4.89. The summed E-state index contributed by atoms with van der Waals surface area (Å²) in [5, 5.41) is 0. The number of likely N-dealkylation sites (tertiary alicyclic amines) is 1. The molecule has 1 aliphatic heterocycles. The van der Waals surface area contributed by atoms with E-state index < -0.39 is 0 Å². The van der Waals surface area contributed by atoms with E-state index in [-0.39, 0.29) is 0 Å². The van der Waals surface area contributed by atoms with Crippen molar-refractivity contribution in [3.8, 4) is 0 Å². The van der Waals surface area contributed by atoms with Gasteiger partial charge < -0.3 is 4.90 Å². The second-order valence-electron chi connectivity index (χ2n) is 3.48. The van der Waals surface area contributed by atoms with E-state index in [1.807, 2.05) is 0 Å². The van der Waals surface area contributed by atoms with Crippen molar-refractivity contribution in [3.05, 3.63) is 19.2 Å². The van der Waals surface area contributed by atoms with E-state index >= 15 is 0 Å². The lowest BCUT2D eigenvalue weighted by molar-refractivity contribution is 0.308. The highest BCUT2D eigenvalue weighted by atomic mass is 15.1. The minimum absolute atomic E-state index is 1.06. The Morgan fingerprint density at radius 2 is 1.92 bits per heavy atom. The van der Waals surface area contributed by atoms with Gasteiger partial charge >= 0.3 is 0 Å². The Morgan fingerprint density at radius 1 is 1.17 bits per heavy atom. The quantitative estimate of drug-likeness (QED) is 0.580. The number of allylic oxidation sites excluding steroid dienone is 1. The first kappa shape index (κ1) is 9.63. The van der Waals surface area contributed by atoms with Crippen LogP contribution in [0.5, 0.6) is 0 Å². The van der Waals surface area contributed by atoms with Crippen molar-refractivity contribution in [2.24, 2.45) is 0 Å². The first-order valence-corrected chi connectivity index (χ1v) is 5.13. The number of piperidine rings is 1. The highest BCUT2D eigenvalue weighted by molar-refractivity contribution is 4.83. The highest BCUT2D eigenvalue weighted by Gasteiger charge is 2.04. The summed E-state index contributed by atoms with van der Waals surface area (Å²) < 4.78 is 0. The second kappa shape index (κ2) is 6.10. The Balaban J connectivity index is 2.07. The van der Waals surface area contributed by atoms with E-state index in [2.05, 4.69) is 24.1 Å². The van der Waals surface area contributed by atoms with E-state index in [1.165, 1.54) is 45.2 Å². The molecule has 0 spiro atoms. The normalized spacial score (nSPS) is 18.9. The number of hydrogen-bond acceptors (Lipinski definition) is 1. The molecule has 0 bridgehead atoms. The molecule has 69 valence electrons. The Hall–Kier alpha value is -0.460. The molecule has 1 aliphatic rings.